The highest BCUT2D eigenvalue weighted by Gasteiger charge is 2.46. The zero-order valence-corrected chi connectivity index (χ0v) is 8.55. The number of fused-ring (bicyclic) bond motifs is 1. The van der Waals surface area contributed by atoms with Crippen molar-refractivity contribution in [1.82, 2.24) is 0 Å². The van der Waals surface area contributed by atoms with Crippen LogP contribution >= 0.6 is 0 Å². The summed E-state index contributed by atoms with van der Waals surface area (Å²) in [6.45, 7) is 6.21. The van der Waals surface area contributed by atoms with Gasteiger partial charge in [0.1, 0.15) is 0 Å². The molecule has 70 valence electrons. The van der Waals surface area contributed by atoms with Gasteiger partial charge in [-0.3, -0.25) is 4.79 Å². The average molecular weight is 176 g/mol. The van der Waals surface area contributed by atoms with Gasteiger partial charge < -0.3 is 0 Å². The molecule has 0 radical (unpaired) electrons. The number of hydrogen-bond donors (Lipinski definition) is 0. The standard InChI is InChI=1S/C12H16O/c1-8-6-7-12(3)10(8)5-4-9(2)11(12)13/h4,6,10H,5,7H2,1-3H3/t10-,12+/m0/s1. The van der Waals surface area contributed by atoms with Gasteiger partial charge in [-0.2, -0.15) is 0 Å². The van der Waals surface area contributed by atoms with Gasteiger partial charge >= 0.3 is 0 Å². The third kappa shape index (κ3) is 1.03. The van der Waals surface area contributed by atoms with Crippen LogP contribution in [0.2, 0.25) is 0 Å². The molecule has 0 spiro atoms. The molecule has 0 saturated carbocycles. The summed E-state index contributed by atoms with van der Waals surface area (Å²) < 4.78 is 0. The molecule has 0 unspecified atom stereocenters. The van der Waals surface area contributed by atoms with E-state index in [0.717, 1.165) is 18.4 Å². The van der Waals surface area contributed by atoms with Crippen LogP contribution in [0.4, 0.5) is 0 Å². The van der Waals surface area contributed by atoms with E-state index in [2.05, 4.69) is 26.0 Å². The van der Waals surface area contributed by atoms with Crippen LogP contribution in [-0.4, -0.2) is 5.78 Å². The molecule has 2 aliphatic rings. The van der Waals surface area contributed by atoms with Crippen LogP contribution in [0, 0.1) is 11.3 Å². The molecule has 2 atom stereocenters. The maximum atomic E-state index is 12.0. The van der Waals surface area contributed by atoms with Crippen LogP contribution in [0.15, 0.2) is 23.3 Å². The fraction of sp³-hybridized carbons (Fsp3) is 0.583. The average Bonchev–Trinajstić information content (AvgIpc) is 2.39. The van der Waals surface area contributed by atoms with E-state index in [-0.39, 0.29) is 5.41 Å². The predicted molar refractivity (Wildman–Crippen MR) is 53.4 cm³/mol. The first-order valence-electron chi connectivity index (χ1n) is 4.94. The van der Waals surface area contributed by atoms with Gasteiger partial charge in [0.15, 0.2) is 5.78 Å². The lowest BCUT2D eigenvalue weighted by Gasteiger charge is -2.34. The van der Waals surface area contributed by atoms with E-state index in [1.807, 2.05) is 6.92 Å². The molecular weight excluding hydrogens is 160 g/mol. The molecule has 0 aliphatic heterocycles. The molecule has 0 aromatic carbocycles. The maximum absolute atomic E-state index is 12.0. The third-order valence-electron chi connectivity index (χ3n) is 3.70. The highest BCUT2D eigenvalue weighted by molar-refractivity contribution is 6.01. The Balaban J connectivity index is 2.42. The molecule has 0 saturated heterocycles. The van der Waals surface area contributed by atoms with E-state index < -0.39 is 0 Å². The number of allylic oxidation sites excluding steroid dienone is 4. The first-order valence-corrected chi connectivity index (χ1v) is 4.94. The minimum absolute atomic E-state index is 0.108. The van der Waals surface area contributed by atoms with Crippen molar-refractivity contribution in [2.24, 2.45) is 11.3 Å². The Morgan fingerprint density at radius 2 is 2.08 bits per heavy atom. The van der Waals surface area contributed by atoms with Crippen molar-refractivity contribution in [2.75, 3.05) is 0 Å². The summed E-state index contributed by atoms with van der Waals surface area (Å²) in [5.41, 5.74) is 2.25. The first-order chi connectivity index (χ1) is 6.05. The quantitative estimate of drug-likeness (QED) is 0.519. The minimum atomic E-state index is -0.108. The molecule has 0 bridgehead atoms. The van der Waals surface area contributed by atoms with E-state index in [0.29, 0.717) is 11.7 Å². The van der Waals surface area contributed by atoms with Crippen molar-refractivity contribution >= 4 is 5.78 Å². The minimum Gasteiger partial charge on any atom is -0.294 e. The summed E-state index contributed by atoms with van der Waals surface area (Å²) in [5, 5.41) is 0. The van der Waals surface area contributed by atoms with Gasteiger partial charge in [-0.05, 0) is 38.2 Å². The van der Waals surface area contributed by atoms with Crippen molar-refractivity contribution in [2.45, 2.75) is 33.6 Å². The molecule has 0 aromatic heterocycles. The van der Waals surface area contributed by atoms with E-state index in [1.165, 1.54) is 5.57 Å². The number of carbonyl (C=O) groups excluding carboxylic acids is 1. The molecule has 0 N–H and O–H groups in total. The fourth-order valence-electron chi connectivity index (χ4n) is 2.69. The summed E-state index contributed by atoms with van der Waals surface area (Å²) >= 11 is 0. The number of ketones is 1. The van der Waals surface area contributed by atoms with Crippen LogP contribution in [0.5, 0.6) is 0 Å². The van der Waals surface area contributed by atoms with Crippen LogP contribution in [0.25, 0.3) is 0 Å². The molecule has 1 heteroatoms. The summed E-state index contributed by atoms with van der Waals surface area (Å²) in [5.74, 6) is 0.834. The Labute approximate surface area is 79.5 Å². The summed E-state index contributed by atoms with van der Waals surface area (Å²) in [6.07, 6.45) is 6.32. The van der Waals surface area contributed by atoms with Crippen molar-refractivity contribution < 1.29 is 4.79 Å². The van der Waals surface area contributed by atoms with E-state index in [4.69, 9.17) is 0 Å². The second kappa shape index (κ2) is 2.57. The SMILES string of the molecule is CC1=CC[C@H]2C(C)=CC[C@@]2(C)C1=O. The van der Waals surface area contributed by atoms with Gasteiger partial charge in [0.05, 0.1) is 0 Å². The van der Waals surface area contributed by atoms with E-state index in [1.54, 1.807) is 0 Å². The lowest BCUT2D eigenvalue weighted by Crippen LogP contribution is -2.36. The Morgan fingerprint density at radius 1 is 1.38 bits per heavy atom. The summed E-state index contributed by atoms with van der Waals surface area (Å²) in [6, 6.07) is 0. The predicted octanol–water partition coefficient (Wildman–Crippen LogP) is 2.88. The van der Waals surface area contributed by atoms with E-state index >= 15 is 0 Å². The number of hydrogen-bond acceptors (Lipinski definition) is 1. The number of carbonyl (C=O) groups is 1. The topological polar surface area (TPSA) is 17.1 Å². The number of rotatable bonds is 0. The molecule has 2 aliphatic carbocycles. The van der Waals surface area contributed by atoms with Crippen LogP contribution in [0.3, 0.4) is 0 Å². The van der Waals surface area contributed by atoms with Crippen molar-refractivity contribution in [3.8, 4) is 0 Å². The van der Waals surface area contributed by atoms with Gasteiger partial charge in [-0.25, -0.2) is 0 Å². The second-order valence-electron chi connectivity index (χ2n) is 4.57. The van der Waals surface area contributed by atoms with E-state index in [9.17, 15) is 4.79 Å². The molecule has 0 amide bonds. The van der Waals surface area contributed by atoms with Crippen molar-refractivity contribution in [3.05, 3.63) is 23.3 Å². The molecule has 1 nitrogen and oxygen atoms in total. The number of Topliss-reactive ketones (excluding diaryl/α,β-unsaturated/α-hetero) is 1. The highest BCUT2D eigenvalue weighted by atomic mass is 16.1. The van der Waals surface area contributed by atoms with Gasteiger partial charge in [0, 0.05) is 5.41 Å². The first kappa shape index (κ1) is 8.74. The normalized spacial score (nSPS) is 38.4. The Bertz CT molecular complexity index is 322. The zero-order valence-electron chi connectivity index (χ0n) is 8.55. The Kier molecular flexibility index (Phi) is 1.73. The summed E-state index contributed by atoms with van der Waals surface area (Å²) in [7, 11) is 0. The van der Waals surface area contributed by atoms with Gasteiger partial charge in [0.2, 0.25) is 0 Å². The van der Waals surface area contributed by atoms with Crippen LogP contribution in [0.1, 0.15) is 33.6 Å². The fourth-order valence-corrected chi connectivity index (χ4v) is 2.69. The van der Waals surface area contributed by atoms with Crippen molar-refractivity contribution in [3.63, 3.8) is 0 Å². The van der Waals surface area contributed by atoms with Crippen LogP contribution in [-0.2, 0) is 4.79 Å². The lowest BCUT2D eigenvalue weighted by atomic mass is 9.67. The zero-order chi connectivity index (χ0) is 9.64. The molecule has 13 heavy (non-hydrogen) atoms. The molecule has 0 fully saturated rings. The molecule has 0 aromatic rings. The Morgan fingerprint density at radius 3 is 2.77 bits per heavy atom. The Hall–Kier alpha value is -0.850. The molecular formula is C12H16O. The summed E-state index contributed by atoms with van der Waals surface area (Å²) in [4.78, 5) is 12.0. The smallest absolute Gasteiger partial charge is 0.165 e. The lowest BCUT2D eigenvalue weighted by molar-refractivity contribution is -0.126. The maximum Gasteiger partial charge on any atom is 0.165 e. The van der Waals surface area contributed by atoms with Crippen LogP contribution < -0.4 is 0 Å². The highest BCUT2D eigenvalue weighted by Crippen LogP contribution is 2.49. The van der Waals surface area contributed by atoms with Gasteiger partial charge in [-0.1, -0.05) is 24.6 Å². The van der Waals surface area contributed by atoms with Gasteiger partial charge in [0.25, 0.3) is 0 Å². The largest absolute Gasteiger partial charge is 0.294 e. The molecule has 2 rings (SSSR count). The second-order valence-corrected chi connectivity index (χ2v) is 4.57. The monoisotopic (exact) mass is 176 g/mol. The third-order valence-corrected chi connectivity index (χ3v) is 3.70. The van der Waals surface area contributed by atoms with Gasteiger partial charge in [-0.15, -0.1) is 0 Å². The van der Waals surface area contributed by atoms with Crippen molar-refractivity contribution in [1.29, 1.82) is 0 Å². The molecule has 0 heterocycles.